The molecule has 0 amide bonds. The van der Waals surface area contributed by atoms with E-state index in [0.29, 0.717) is 31.3 Å². The number of nitrogens with one attached hydrogen (secondary N) is 1. The summed E-state index contributed by atoms with van der Waals surface area (Å²) >= 11 is 0. The molecular weight excluding hydrogens is 369 g/mol. The van der Waals surface area contributed by atoms with Gasteiger partial charge in [0.1, 0.15) is 0 Å². The van der Waals surface area contributed by atoms with Crippen molar-refractivity contribution in [2.45, 2.75) is 52.2 Å². The Hall–Kier alpha value is -0.0800. The summed E-state index contributed by atoms with van der Waals surface area (Å²) in [7, 11) is 1.66. The molecule has 2 unspecified atom stereocenters. The van der Waals surface area contributed by atoms with E-state index in [1.165, 1.54) is 0 Å². The highest BCUT2D eigenvalue weighted by atomic mass is 127. The molecular formula is C14H30IN3O2. The topological polar surface area (TPSA) is 68.9 Å². The number of nitrogens with zero attached hydrogens (tertiary/aromatic N) is 1. The molecule has 1 aliphatic carbocycles. The van der Waals surface area contributed by atoms with E-state index in [9.17, 15) is 0 Å². The Kier molecular flexibility index (Phi) is 9.74. The lowest BCUT2D eigenvalue weighted by Crippen LogP contribution is -2.65. The lowest BCUT2D eigenvalue weighted by Gasteiger charge is -2.55. The van der Waals surface area contributed by atoms with Crippen LogP contribution in [0, 0.1) is 5.41 Å². The van der Waals surface area contributed by atoms with Crippen molar-refractivity contribution >= 4 is 29.9 Å². The van der Waals surface area contributed by atoms with E-state index >= 15 is 0 Å². The first-order chi connectivity index (χ1) is 9.14. The molecule has 6 heteroatoms. The Balaban J connectivity index is 0.00000361. The van der Waals surface area contributed by atoms with Gasteiger partial charge >= 0.3 is 0 Å². The number of halogens is 1. The lowest BCUT2D eigenvalue weighted by molar-refractivity contribution is -0.133. The van der Waals surface area contributed by atoms with E-state index in [2.05, 4.69) is 31.1 Å². The second-order valence-corrected chi connectivity index (χ2v) is 5.08. The number of hydrogen-bond donors (Lipinski definition) is 2. The Morgan fingerprint density at radius 3 is 2.50 bits per heavy atom. The van der Waals surface area contributed by atoms with Crippen molar-refractivity contribution < 1.29 is 9.47 Å². The van der Waals surface area contributed by atoms with Gasteiger partial charge in [-0.1, -0.05) is 13.8 Å². The maximum absolute atomic E-state index is 5.92. The summed E-state index contributed by atoms with van der Waals surface area (Å²) in [5, 5.41) is 3.35. The van der Waals surface area contributed by atoms with Crippen LogP contribution in [0.5, 0.6) is 0 Å². The predicted octanol–water partition coefficient (Wildman–Crippen LogP) is 2.14. The quantitative estimate of drug-likeness (QED) is 0.284. The molecule has 1 rings (SSSR count). The monoisotopic (exact) mass is 399 g/mol. The van der Waals surface area contributed by atoms with Gasteiger partial charge in [0, 0.05) is 25.2 Å². The smallest absolute Gasteiger partial charge is 0.188 e. The molecule has 5 nitrogen and oxygen atoms in total. The molecule has 0 radical (unpaired) electrons. The molecule has 0 heterocycles. The molecule has 2 atom stereocenters. The Morgan fingerprint density at radius 2 is 2.00 bits per heavy atom. The summed E-state index contributed by atoms with van der Waals surface area (Å²) in [5.41, 5.74) is 6.11. The van der Waals surface area contributed by atoms with Gasteiger partial charge in [-0.05, 0) is 26.2 Å². The first-order valence-electron chi connectivity index (χ1n) is 7.31. The highest BCUT2D eigenvalue weighted by Gasteiger charge is 2.53. The van der Waals surface area contributed by atoms with Crippen LogP contribution < -0.4 is 11.1 Å². The maximum atomic E-state index is 5.92. The minimum atomic E-state index is 0. The molecule has 120 valence electrons. The van der Waals surface area contributed by atoms with E-state index in [-0.39, 0.29) is 29.4 Å². The minimum Gasteiger partial charge on any atom is -0.383 e. The van der Waals surface area contributed by atoms with E-state index < -0.39 is 0 Å². The van der Waals surface area contributed by atoms with Crippen LogP contribution in [0.3, 0.4) is 0 Å². The molecule has 0 spiro atoms. The second kappa shape index (κ2) is 9.78. The molecule has 0 saturated heterocycles. The van der Waals surface area contributed by atoms with Gasteiger partial charge < -0.3 is 20.5 Å². The fraction of sp³-hybridized carbons (Fsp3) is 0.929. The number of rotatable bonds is 8. The van der Waals surface area contributed by atoms with Crippen molar-refractivity contribution in [3.05, 3.63) is 0 Å². The van der Waals surface area contributed by atoms with Crippen LogP contribution in [0.1, 0.15) is 40.0 Å². The first kappa shape index (κ1) is 19.9. The summed E-state index contributed by atoms with van der Waals surface area (Å²) in [5.74, 6) is 0.517. The number of nitrogens with two attached hydrogens (primary N) is 1. The molecule has 0 aromatic carbocycles. The van der Waals surface area contributed by atoms with Crippen LogP contribution in [0.25, 0.3) is 0 Å². The van der Waals surface area contributed by atoms with Crippen LogP contribution in [0.15, 0.2) is 4.99 Å². The number of aliphatic imine (C=N–C) groups is 1. The normalized spacial score (nSPS) is 24.7. The maximum Gasteiger partial charge on any atom is 0.188 e. The average molecular weight is 399 g/mol. The lowest BCUT2D eigenvalue weighted by atomic mass is 9.58. The third kappa shape index (κ3) is 4.46. The minimum absolute atomic E-state index is 0. The Morgan fingerprint density at radius 1 is 1.35 bits per heavy atom. The van der Waals surface area contributed by atoms with Crippen molar-refractivity contribution in [2.75, 3.05) is 26.9 Å². The third-order valence-electron chi connectivity index (χ3n) is 4.37. The molecule has 0 aromatic rings. The largest absolute Gasteiger partial charge is 0.383 e. The fourth-order valence-corrected chi connectivity index (χ4v) is 3.06. The fourth-order valence-electron chi connectivity index (χ4n) is 3.06. The molecule has 0 aliphatic heterocycles. The highest BCUT2D eigenvalue weighted by Crippen LogP contribution is 2.48. The molecule has 0 aromatic heterocycles. The zero-order chi connectivity index (χ0) is 14.3. The van der Waals surface area contributed by atoms with Gasteiger partial charge in [0.2, 0.25) is 0 Å². The van der Waals surface area contributed by atoms with Crippen molar-refractivity contribution in [1.29, 1.82) is 0 Å². The number of hydrogen-bond acceptors (Lipinski definition) is 3. The number of methoxy groups -OCH3 is 1. The summed E-state index contributed by atoms with van der Waals surface area (Å²) < 4.78 is 10.8. The highest BCUT2D eigenvalue weighted by molar-refractivity contribution is 14.0. The van der Waals surface area contributed by atoms with Gasteiger partial charge in [-0.15, -0.1) is 24.0 Å². The summed E-state index contributed by atoms with van der Waals surface area (Å²) in [6.07, 6.45) is 3.54. The van der Waals surface area contributed by atoms with Gasteiger partial charge in [0.25, 0.3) is 0 Å². The van der Waals surface area contributed by atoms with Crippen LogP contribution >= 0.6 is 24.0 Å². The van der Waals surface area contributed by atoms with Crippen LogP contribution in [-0.2, 0) is 9.47 Å². The zero-order valence-electron chi connectivity index (χ0n) is 13.1. The standard InChI is InChI=1S/C14H29N3O2.HI/c1-5-14(6-2)11(10-12(14)19-7-3)17-13(15)16-8-9-18-4;/h11-12H,5-10H2,1-4H3,(H3,15,16,17);1H. The molecule has 1 fully saturated rings. The van der Waals surface area contributed by atoms with E-state index in [1.807, 2.05) is 0 Å². The molecule has 1 saturated carbocycles. The van der Waals surface area contributed by atoms with Gasteiger partial charge in [-0.3, -0.25) is 4.99 Å². The van der Waals surface area contributed by atoms with Crippen molar-refractivity contribution in [3.8, 4) is 0 Å². The van der Waals surface area contributed by atoms with Crippen LogP contribution in [0.4, 0.5) is 0 Å². The SMILES string of the molecule is CCOC1CC(NC(N)=NCCOC)C1(CC)CC.I. The summed E-state index contributed by atoms with van der Waals surface area (Å²) in [6, 6.07) is 0.366. The molecule has 0 bridgehead atoms. The van der Waals surface area contributed by atoms with E-state index in [1.54, 1.807) is 7.11 Å². The average Bonchev–Trinajstić information content (AvgIpc) is 2.39. The molecule has 20 heavy (non-hydrogen) atoms. The van der Waals surface area contributed by atoms with Gasteiger partial charge in [-0.2, -0.15) is 0 Å². The van der Waals surface area contributed by atoms with Crippen molar-refractivity contribution in [2.24, 2.45) is 16.1 Å². The molecule has 1 aliphatic rings. The number of guanidine groups is 1. The summed E-state index contributed by atoms with van der Waals surface area (Å²) in [4.78, 5) is 4.26. The van der Waals surface area contributed by atoms with Crippen LogP contribution in [-0.4, -0.2) is 45.0 Å². The third-order valence-corrected chi connectivity index (χ3v) is 4.37. The van der Waals surface area contributed by atoms with Crippen molar-refractivity contribution in [1.82, 2.24) is 5.32 Å². The Labute approximate surface area is 140 Å². The van der Waals surface area contributed by atoms with E-state index in [0.717, 1.165) is 25.9 Å². The Bertz CT molecular complexity index is 296. The van der Waals surface area contributed by atoms with E-state index in [4.69, 9.17) is 15.2 Å². The summed E-state index contributed by atoms with van der Waals surface area (Å²) in [6.45, 7) is 8.47. The van der Waals surface area contributed by atoms with Gasteiger partial charge in [0.05, 0.1) is 19.3 Å². The first-order valence-corrected chi connectivity index (χ1v) is 7.31. The zero-order valence-corrected chi connectivity index (χ0v) is 15.5. The van der Waals surface area contributed by atoms with Gasteiger partial charge in [0.15, 0.2) is 5.96 Å². The predicted molar refractivity (Wildman–Crippen MR) is 93.8 cm³/mol. The second-order valence-electron chi connectivity index (χ2n) is 5.08. The number of ether oxygens (including phenoxy) is 2. The van der Waals surface area contributed by atoms with Crippen LogP contribution in [0.2, 0.25) is 0 Å². The molecule has 3 N–H and O–H groups in total. The van der Waals surface area contributed by atoms with Crippen molar-refractivity contribution in [3.63, 3.8) is 0 Å². The van der Waals surface area contributed by atoms with Gasteiger partial charge in [-0.25, -0.2) is 0 Å².